The van der Waals surface area contributed by atoms with E-state index in [9.17, 15) is 0 Å². The fraction of sp³-hybridized carbons (Fsp3) is 0.250. The molecule has 0 amide bonds. The van der Waals surface area contributed by atoms with E-state index in [0.29, 0.717) is 5.17 Å². The van der Waals surface area contributed by atoms with Crippen LogP contribution in [0.1, 0.15) is 25.0 Å². The standard InChI is InChI=1S/C12H14ClN/c1-8(2)11-7-5-6-9(3)12(11)14-10(4)13/h5-7H,1H2,2-4H3. The van der Waals surface area contributed by atoms with Gasteiger partial charge >= 0.3 is 0 Å². The van der Waals surface area contributed by atoms with Gasteiger partial charge in [-0.2, -0.15) is 0 Å². The molecule has 0 saturated heterocycles. The number of hydrogen-bond acceptors (Lipinski definition) is 1. The van der Waals surface area contributed by atoms with Gasteiger partial charge in [0.15, 0.2) is 0 Å². The highest BCUT2D eigenvalue weighted by molar-refractivity contribution is 6.65. The summed E-state index contributed by atoms with van der Waals surface area (Å²) in [5.41, 5.74) is 4.10. The molecule has 14 heavy (non-hydrogen) atoms. The molecule has 1 aromatic carbocycles. The van der Waals surface area contributed by atoms with Crippen molar-refractivity contribution in [2.45, 2.75) is 20.8 Å². The van der Waals surface area contributed by atoms with Gasteiger partial charge in [-0.1, -0.05) is 36.4 Å². The molecule has 74 valence electrons. The monoisotopic (exact) mass is 207 g/mol. The predicted molar refractivity (Wildman–Crippen MR) is 64.5 cm³/mol. The summed E-state index contributed by atoms with van der Waals surface area (Å²) in [6, 6.07) is 6.03. The quantitative estimate of drug-likeness (QED) is 0.641. The molecule has 0 unspecified atom stereocenters. The molecule has 0 atom stereocenters. The van der Waals surface area contributed by atoms with Crippen LogP contribution in [0.15, 0.2) is 29.8 Å². The summed E-state index contributed by atoms with van der Waals surface area (Å²) in [6.07, 6.45) is 0. The highest BCUT2D eigenvalue weighted by Crippen LogP contribution is 2.29. The number of allylic oxidation sites excluding steroid dienone is 1. The molecular formula is C12H14ClN. The zero-order valence-corrected chi connectivity index (χ0v) is 9.52. The number of benzene rings is 1. The molecule has 0 radical (unpaired) electrons. The number of hydrogen-bond donors (Lipinski definition) is 0. The summed E-state index contributed by atoms with van der Waals surface area (Å²) in [5, 5.41) is 0.543. The maximum absolute atomic E-state index is 5.78. The van der Waals surface area contributed by atoms with Crippen molar-refractivity contribution in [2.24, 2.45) is 4.99 Å². The lowest BCUT2D eigenvalue weighted by Gasteiger charge is -2.07. The van der Waals surface area contributed by atoms with Crippen molar-refractivity contribution in [3.05, 3.63) is 35.9 Å². The van der Waals surface area contributed by atoms with E-state index in [0.717, 1.165) is 22.4 Å². The molecule has 0 fully saturated rings. The first-order valence-corrected chi connectivity index (χ1v) is 4.86. The topological polar surface area (TPSA) is 12.4 Å². The van der Waals surface area contributed by atoms with Gasteiger partial charge in [-0.15, -0.1) is 0 Å². The molecule has 2 heteroatoms. The lowest BCUT2D eigenvalue weighted by molar-refractivity contribution is 1.37. The first-order chi connectivity index (χ1) is 6.52. The van der Waals surface area contributed by atoms with Crippen molar-refractivity contribution in [3.8, 4) is 0 Å². The maximum Gasteiger partial charge on any atom is 0.103 e. The molecule has 0 aliphatic rings. The molecule has 0 heterocycles. The third-order valence-electron chi connectivity index (χ3n) is 1.96. The molecule has 0 bridgehead atoms. The average Bonchev–Trinajstić information content (AvgIpc) is 2.07. The van der Waals surface area contributed by atoms with Crippen molar-refractivity contribution >= 4 is 28.0 Å². The third kappa shape index (κ3) is 2.46. The Balaban J connectivity index is 3.37. The van der Waals surface area contributed by atoms with Crippen LogP contribution < -0.4 is 0 Å². The Morgan fingerprint density at radius 2 is 2.00 bits per heavy atom. The maximum atomic E-state index is 5.78. The summed E-state index contributed by atoms with van der Waals surface area (Å²) >= 11 is 5.78. The van der Waals surface area contributed by atoms with E-state index < -0.39 is 0 Å². The van der Waals surface area contributed by atoms with Crippen LogP contribution in [0.3, 0.4) is 0 Å². The molecule has 0 aliphatic heterocycles. The van der Waals surface area contributed by atoms with Gasteiger partial charge in [0.05, 0.1) is 5.69 Å². The molecule has 0 saturated carbocycles. The van der Waals surface area contributed by atoms with Crippen molar-refractivity contribution in [3.63, 3.8) is 0 Å². The van der Waals surface area contributed by atoms with Crippen molar-refractivity contribution in [1.82, 2.24) is 0 Å². The molecule has 1 nitrogen and oxygen atoms in total. The SMILES string of the molecule is C=C(C)c1cccc(C)c1N=C(C)Cl. The smallest absolute Gasteiger partial charge is 0.103 e. The second-order valence-corrected chi connectivity index (χ2v) is 3.91. The largest absolute Gasteiger partial charge is 0.241 e. The van der Waals surface area contributed by atoms with Gasteiger partial charge < -0.3 is 0 Å². The molecule has 0 N–H and O–H groups in total. The summed E-state index contributed by atoms with van der Waals surface area (Å²) < 4.78 is 0. The van der Waals surface area contributed by atoms with E-state index in [2.05, 4.69) is 11.6 Å². The van der Waals surface area contributed by atoms with Gasteiger partial charge in [0, 0.05) is 5.56 Å². The molecule has 0 spiro atoms. The number of para-hydroxylation sites is 1. The summed E-state index contributed by atoms with van der Waals surface area (Å²) in [5.74, 6) is 0. The molecule has 1 aromatic rings. The van der Waals surface area contributed by atoms with E-state index in [1.54, 1.807) is 6.92 Å². The predicted octanol–water partition coefficient (Wildman–Crippen LogP) is 4.32. The molecule has 0 aromatic heterocycles. The Kier molecular flexibility index (Phi) is 3.48. The van der Waals surface area contributed by atoms with Gasteiger partial charge in [0.2, 0.25) is 0 Å². The van der Waals surface area contributed by atoms with Crippen LogP contribution in [-0.4, -0.2) is 5.17 Å². The van der Waals surface area contributed by atoms with Crippen LogP contribution in [0.5, 0.6) is 0 Å². The minimum absolute atomic E-state index is 0.543. The van der Waals surface area contributed by atoms with E-state index in [1.807, 2.05) is 32.0 Å². The number of halogens is 1. The van der Waals surface area contributed by atoms with Crippen LogP contribution in [0.4, 0.5) is 5.69 Å². The Morgan fingerprint density at radius 1 is 1.36 bits per heavy atom. The van der Waals surface area contributed by atoms with Gasteiger partial charge in [0.25, 0.3) is 0 Å². The molecule has 0 aliphatic carbocycles. The molecule has 1 rings (SSSR count). The van der Waals surface area contributed by atoms with Crippen molar-refractivity contribution < 1.29 is 0 Å². The van der Waals surface area contributed by atoms with E-state index in [1.165, 1.54) is 0 Å². The van der Waals surface area contributed by atoms with Crippen LogP contribution in [0, 0.1) is 6.92 Å². The second-order valence-electron chi connectivity index (χ2n) is 3.36. The average molecular weight is 208 g/mol. The van der Waals surface area contributed by atoms with Crippen LogP contribution in [-0.2, 0) is 0 Å². The Hall–Kier alpha value is -1.08. The van der Waals surface area contributed by atoms with Gasteiger partial charge in [-0.05, 0) is 31.9 Å². The zero-order chi connectivity index (χ0) is 10.7. The first-order valence-electron chi connectivity index (χ1n) is 4.48. The highest BCUT2D eigenvalue weighted by atomic mass is 35.5. The van der Waals surface area contributed by atoms with Crippen molar-refractivity contribution in [1.29, 1.82) is 0 Å². The van der Waals surface area contributed by atoms with Gasteiger partial charge in [-0.25, -0.2) is 4.99 Å². The number of aryl methyl sites for hydroxylation is 1. The van der Waals surface area contributed by atoms with Crippen LogP contribution in [0.25, 0.3) is 5.57 Å². The highest BCUT2D eigenvalue weighted by Gasteiger charge is 2.04. The summed E-state index contributed by atoms with van der Waals surface area (Å²) in [6.45, 7) is 9.68. The third-order valence-corrected chi connectivity index (χ3v) is 2.05. The number of aliphatic imine (C=N–C) groups is 1. The number of nitrogens with zero attached hydrogens (tertiary/aromatic N) is 1. The minimum Gasteiger partial charge on any atom is -0.241 e. The van der Waals surface area contributed by atoms with Gasteiger partial charge in [0.1, 0.15) is 5.17 Å². The fourth-order valence-corrected chi connectivity index (χ4v) is 1.39. The fourth-order valence-electron chi connectivity index (χ4n) is 1.31. The Labute approximate surface area is 90.1 Å². The second kappa shape index (κ2) is 4.43. The van der Waals surface area contributed by atoms with E-state index >= 15 is 0 Å². The minimum atomic E-state index is 0.543. The number of rotatable bonds is 2. The Morgan fingerprint density at radius 3 is 2.50 bits per heavy atom. The first kappa shape index (κ1) is 11.0. The Bertz CT molecular complexity index is 387. The molecular weight excluding hydrogens is 194 g/mol. The summed E-state index contributed by atoms with van der Waals surface area (Å²) in [4.78, 5) is 4.30. The van der Waals surface area contributed by atoms with Crippen LogP contribution >= 0.6 is 11.6 Å². The summed E-state index contributed by atoms with van der Waals surface area (Å²) in [7, 11) is 0. The van der Waals surface area contributed by atoms with Crippen LogP contribution in [0.2, 0.25) is 0 Å². The van der Waals surface area contributed by atoms with Crippen molar-refractivity contribution in [2.75, 3.05) is 0 Å². The zero-order valence-electron chi connectivity index (χ0n) is 8.76. The normalized spacial score (nSPS) is 11.6. The van der Waals surface area contributed by atoms with E-state index in [-0.39, 0.29) is 0 Å². The lowest BCUT2D eigenvalue weighted by atomic mass is 10.0. The van der Waals surface area contributed by atoms with Gasteiger partial charge in [-0.3, -0.25) is 0 Å². The van der Waals surface area contributed by atoms with E-state index in [4.69, 9.17) is 11.6 Å². The lowest BCUT2D eigenvalue weighted by Crippen LogP contribution is -1.85.